The molecule has 0 spiro atoms. The Morgan fingerprint density at radius 2 is 1.56 bits per heavy atom. The van der Waals surface area contributed by atoms with E-state index in [9.17, 15) is 21.6 Å². The van der Waals surface area contributed by atoms with Crippen molar-refractivity contribution in [1.82, 2.24) is 4.98 Å². The number of hydrogen-bond acceptors (Lipinski definition) is 7. The van der Waals surface area contributed by atoms with Gasteiger partial charge < -0.3 is 0 Å². The average molecular weight is 488 g/mol. The highest BCUT2D eigenvalue weighted by molar-refractivity contribution is 7.92. The number of nitrogens with one attached hydrogen (secondary N) is 2. The summed E-state index contributed by atoms with van der Waals surface area (Å²) in [5.41, 5.74) is 1.20. The summed E-state index contributed by atoms with van der Waals surface area (Å²) in [5, 5.41) is 3.00. The fourth-order valence-electron chi connectivity index (χ4n) is 2.86. The van der Waals surface area contributed by atoms with Crippen molar-refractivity contribution in [2.24, 2.45) is 0 Å². The highest BCUT2D eigenvalue weighted by Crippen LogP contribution is 2.28. The predicted octanol–water partition coefficient (Wildman–Crippen LogP) is 3.75. The minimum atomic E-state index is -3.73. The van der Waals surface area contributed by atoms with Crippen LogP contribution in [0.5, 0.6) is 0 Å². The van der Waals surface area contributed by atoms with Crippen LogP contribution in [-0.2, 0) is 19.9 Å². The standard InChI is InChI=1S/C21H17N3O5S3/c1-31(26,27)17-11-12-18-19(13-17)30-21(22-18)23-20(25)14-7-9-15(10-8-14)24-32(28,29)16-5-3-2-4-6-16/h2-13,24H,1H3,(H,22,23,25). The maximum Gasteiger partial charge on any atom is 0.261 e. The second-order valence-electron chi connectivity index (χ2n) is 6.87. The van der Waals surface area contributed by atoms with Crippen LogP contribution in [0.3, 0.4) is 0 Å². The van der Waals surface area contributed by atoms with Gasteiger partial charge in [0.15, 0.2) is 15.0 Å². The topological polar surface area (TPSA) is 122 Å². The third-order valence-electron chi connectivity index (χ3n) is 4.46. The third-order valence-corrected chi connectivity index (χ3v) is 7.90. The van der Waals surface area contributed by atoms with Gasteiger partial charge >= 0.3 is 0 Å². The quantitative estimate of drug-likeness (QED) is 0.427. The molecule has 0 fully saturated rings. The van der Waals surface area contributed by atoms with Crippen LogP contribution in [0.4, 0.5) is 10.8 Å². The molecule has 0 unspecified atom stereocenters. The summed E-state index contributed by atoms with van der Waals surface area (Å²) in [6, 6.07) is 18.5. The monoisotopic (exact) mass is 487 g/mol. The van der Waals surface area contributed by atoms with Gasteiger partial charge in [0, 0.05) is 17.5 Å². The number of hydrogen-bond donors (Lipinski definition) is 2. The summed E-state index contributed by atoms with van der Waals surface area (Å²) >= 11 is 1.16. The van der Waals surface area contributed by atoms with Crippen molar-refractivity contribution in [3.63, 3.8) is 0 Å². The first-order valence-electron chi connectivity index (χ1n) is 9.22. The Morgan fingerprint density at radius 3 is 2.22 bits per heavy atom. The van der Waals surface area contributed by atoms with Gasteiger partial charge in [0.2, 0.25) is 0 Å². The molecule has 0 atom stereocenters. The Kier molecular flexibility index (Phi) is 5.71. The number of carbonyl (C=O) groups excluding carboxylic acids is 1. The van der Waals surface area contributed by atoms with Crippen LogP contribution >= 0.6 is 11.3 Å². The Labute approximate surface area is 188 Å². The summed E-state index contributed by atoms with van der Waals surface area (Å²) in [5.74, 6) is -0.426. The molecule has 2 N–H and O–H groups in total. The SMILES string of the molecule is CS(=O)(=O)c1ccc2nc(NC(=O)c3ccc(NS(=O)(=O)c4ccccc4)cc3)sc2c1. The van der Waals surface area contributed by atoms with Crippen molar-refractivity contribution in [2.45, 2.75) is 9.79 Å². The van der Waals surface area contributed by atoms with Gasteiger partial charge in [-0.2, -0.15) is 0 Å². The summed E-state index contributed by atoms with van der Waals surface area (Å²) in [6.07, 6.45) is 1.13. The molecule has 11 heteroatoms. The first-order valence-corrected chi connectivity index (χ1v) is 13.4. The lowest BCUT2D eigenvalue weighted by molar-refractivity contribution is 0.102. The van der Waals surface area contributed by atoms with Crippen LogP contribution in [0.1, 0.15) is 10.4 Å². The molecule has 0 aliphatic rings. The Hall–Kier alpha value is -3.28. The molecule has 1 aromatic heterocycles. The average Bonchev–Trinajstić information content (AvgIpc) is 3.15. The summed E-state index contributed by atoms with van der Waals surface area (Å²) in [7, 11) is -7.07. The van der Waals surface area contributed by atoms with Crippen molar-refractivity contribution in [3.8, 4) is 0 Å². The number of sulfone groups is 1. The van der Waals surface area contributed by atoms with Crippen LogP contribution in [-0.4, -0.2) is 34.0 Å². The number of nitrogens with zero attached hydrogens (tertiary/aromatic N) is 1. The van der Waals surface area contributed by atoms with Gasteiger partial charge in [-0.25, -0.2) is 21.8 Å². The number of benzene rings is 3. The lowest BCUT2D eigenvalue weighted by Gasteiger charge is -2.08. The Bertz CT molecular complexity index is 1510. The van der Waals surface area contributed by atoms with Crippen molar-refractivity contribution in [3.05, 3.63) is 78.4 Å². The minimum Gasteiger partial charge on any atom is -0.298 e. The number of sulfonamides is 1. The first kappa shape index (κ1) is 21.9. The number of carbonyl (C=O) groups is 1. The van der Waals surface area contributed by atoms with E-state index in [2.05, 4.69) is 15.0 Å². The van der Waals surface area contributed by atoms with E-state index in [1.165, 1.54) is 48.5 Å². The van der Waals surface area contributed by atoms with Crippen LogP contribution in [0, 0.1) is 0 Å². The minimum absolute atomic E-state index is 0.136. The number of amides is 1. The fourth-order valence-corrected chi connectivity index (χ4v) is 5.56. The second kappa shape index (κ2) is 8.34. The van der Waals surface area contributed by atoms with Crippen molar-refractivity contribution < 1.29 is 21.6 Å². The molecule has 0 saturated carbocycles. The lowest BCUT2D eigenvalue weighted by Crippen LogP contribution is -2.14. The van der Waals surface area contributed by atoms with E-state index in [1.54, 1.807) is 24.3 Å². The first-order chi connectivity index (χ1) is 15.1. The van der Waals surface area contributed by atoms with Crippen molar-refractivity contribution >= 4 is 58.1 Å². The third kappa shape index (κ3) is 4.79. The summed E-state index contributed by atoms with van der Waals surface area (Å²) in [4.78, 5) is 17.2. The van der Waals surface area contributed by atoms with Crippen molar-refractivity contribution in [2.75, 3.05) is 16.3 Å². The zero-order chi connectivity index (χ0) is 22.9. The van der Waals surface area contributed by atoms with Crippen LogP contribution in [0.15, 0.2) is 82.6 Å². The molecule has 0 saturated heterocycles. The molecular weight excluding hydrogens is 470 g/mol. The van der Waals surface area contributed by atoms with Gasteiger partial charge in [0.05, 0.1) is 20.0 Å². The molecule has 1 heterocycles. The molecule has 32 heavy (non-hydrogen) atoms. The smallest absolute Gasteiger partial charge is 0.261 e. The molecule has 0 aliphatic carbocycles. The zero-order valence-corrected chi connectivity index (χ0v) is 19.1. The molecule has 164 valence electrons. The predicted molar refractivity (Wildman–Crippen MR) is 124 cm³/mol. The van der Waals surface area contributed by atoms with E-state index in [0.29, 0.717) is 26.6 Å². The van der Waals surface area contributed by atoms with E-state index in [-0.39, 0.29) is 9.79 Å². The number of rotatable bonds is 6. The van der Waals surface area contributed by atoms with Gasteiger partial charge in [-0.3, -0.25) is 14.8 Å². The Morgan fingerprint density at radius 1 is 0.875 bits per heavy atom. The van der Waals surface area contributed by atoms with E-state index in [4.69, 9.17) is 0 Å². The molecule has 4 aromatic rings. The molecule has 3 aromatic carbocycles. The van der Waals surface area contributed by atoms with E-state index < -0.39 is 25.8 Å². The normalized spacial score (nSPS) is 11.9. The molecule has 0 bridgehead atoms. The number of fused-ring (bicyclic) bond motifs is 1. The highest BCUT2D eigenvalue weighted by atomic mass is 32.2. The maximum absolute atomic E-state index is 12.6. The van der Waals surface area contributed by atoms with Crippen molar-refractivity contribution in [1.29, 1.82) is 0 Å². The van der Waals surface area contributed by atoms with Gasteiger partial charge in [-0.1, -0.05) is 29.5 Å². The molecule has 0 radical (unpaired) electrons. The molecule has 8 nitrogen and oxygen atoms in total. The van der Waals surface area contributed by atoms with E-state index in [0.717, 1.165) is 17.6 Å². The molecule has 0 aliphatic heterocycles. The number of anilines is 2. The number of aromatic nitrogens is 1. The second-order valence-corrected chi connectivity index (χ2v) is 11.6. The summed E-state index contributed by atoms with van der Waals surface area (Å²) < 4.78 is 51.3. The van der Waals surface area contributed by atoms with Gasteiger partial charge in [-0.05, 0) is 54.6 Å². The van der Waals surface area contributed by atoms with Crippen LogP contribution in [0.2, 0.25) is 0 Å². The highest BCUT2D eigenvalue weighted by Gasteiger charge is 2.15. The van der Waals surface area contributed by atoms with Crippen LogP contribution in [0.25, 0.3) is 10.2 Å². The van der Waals surface area contributed by atoms with Gasteiger partial charge in [0.1, 0.15) is 0 Å². The molecule has 4 rings (SSSR count). The van der Waals surface area contributed by atoms with Gasteiger partial charge in [-0.15, -0.1) is 0 Å². The van der Waals surface area contributed by atoms with Gasteiger partial charge in [0.25, 0.3) is 15.9 Å². The Balaban J connectivity index is 1.48. The largest absolute Gasteiger partial charge is 0.298 e. The zero-order valence-electron chi connectivity index (χ0n) is 16.6. The van der Waals surface area contributed by atoms with Crippen LogP contribution < -0.4 is 10.0 Å². The number of thiazole rings is 1. The molecular formula is C21H17N3O5S3. The van der Waals surface area contributed by atoms with E-state index >= 15 is 0 Å². The lowest BCUT2D eigenvalue weighted by atomic mass is 10.2. The maximum atomic E-state index is 12.6. The molecule has 1 amide bonds. The summed E-state index contributed by atoms with van der Waals surface area (Å²) in [6.45, 7) is 0. The fraction of sp³-hybridized carbons (Fsp3) is 0.0476. The van der Waals surface area contributed by atoms with E-state index in [1.807, 2.05) is 0 Å².